The Morgan fingerprint density at radius 2 is 1.87 bits per heavy atom. The maximum absolute atomic E-state index is 12.5. The highest BCUT2D eigenvalue weighted by atomic mass is 35.5. The third-order valence-electron chi connectivity index (χ3n) is 4.15. The lowest BCUT2D eigenvalue weighted by molar-refractivity contribution is -0.116. The average molecular weight is 447 g/mol. The van der Waals surface area contributed by atoms with Gasteiger partial charge in [-0.15, -0.1) is 0 Å². The predicted molar refractivity (Wildman–Crippen MR) is 116 cm³/mol. The van der Waals surface area contributed by atoms with Crippen molar-refractivity contribution in [1.29, 1.82) is 0 Å². The molecule has 0 unspecified atom stereocenters. The largest absolute Gasteiger partial charge is 0.492 e. The van der Waals surface area contributed by atoms with Crippen molar-refractivity contribution in [2.24, 2.45) is 0 Å². The Labute approximate surface area is 184 Å². The van der Waals surface area contributed by atoms with Crippen molar-refractivity contribution in [3.05, 3.63) is 82.2 Å². The minimum atomic E-state index is -0.303. The van der Waals surface area contributed by atoms with Crippen LogP contribution in [0.2, 0.25) is 10.0 Å². The Bertz CT molecular complexity index is 1010. The molecule has 0 saturated heterocycles. The van der Waals surface area contributed by atoms with E-state index in [-0.39, 0.29) is 24.8 Å². The highest BCUT2D eigenvalue weighted by Crippen LogP contribution is 2.27. The van der Waals surface area contributed by atoms with Crippen molar-refractivity contribution in [2.45, 2.75) is 19.4 Å². The van der Waals surface area contributed by atoms with Gasteiger partial charge >= 0.3 is 0 Å². The Morgan fingerprint density at radius 1 is 1.03 bits per heavy atom. The monoisotopic (exact) mass is 446 g/mol. The van der Waals surface area contributed by atoms with Crippen molar-refractivity contribution in [3.8, 4) is 5.75 Å². The minimum absolute atomic E-state index is 0.216. The summed E-state index contributed by atoms with van der Waals surface area (Å²) in [7, 11) is 0. The number of halogens is 2. The second kappa shape index (κ2) is 10.7. The summed E-state index contributed by atoms with van der Waals surface area (Å²) < 4.78 is 10.8. The Kier molecular flexibility index (Phi) is 7.76. The Morgan fingerprint density at radius 3 is 2.63 bits per heavy atom. The van der Waals surface area contributed by atoms with Crippen LogP contribution in [0.5, 0.6) is 5.75 Å². The maximum Gasteiger partial charge on any atom is 0.253 e. The number of carbonyl (C=O) groups is 2. The van der Waals surface area contributed by atoms with E-state index in [1.807, 2.05) is 0 Å². The van der Waals surface area contributed by atoms with E-state index in [1.54, 1.807) is 60.9 Å². The van der Waals surface area contributed by atoms with Crippen LogP contribution in [0.15, 0.2) is 65.3 Å². The smallest absolute Gasteiger partial charge is 0.253 e. The molecule has 0 saturated carbocycles. The van der Waals surface area contributed by atoms with E-state index in [1.165, 1.54) is 0 Å². The molecule has 1 heterocycles. The summed E-state index contributed by atoms with van der Waals surface area (Å²) in [5.41, 5.74) is 0.822. The van der Waals surface area contributed by atoms with Crippen LogP contribution >= 0.6 is 23.2 Å². The minimum Gasteiger partial charge on any atom is -0.492 e. The van der Waals surface area contributed by atoms with Gasteiger partial charge in [0.2, 0.25) is 5.91 Å². The summed E-state index contributed by atoms with van der Waals surface area (Å²) in [4.78, 5) is 24.8. The summed E-state index contributed by atoms with van der Waals surface area (Å²) in [5, 5.41) is 6.49. The number of nitrogens with one attached hydrogen (secondary N) is 2. The molecule has 0 spiro atoms. The molecule has 1 aromatic heterocycles. The van der Waals surface area contributed by atoms with E-state index >= 15 is 0 Å². The van der Waals surface area contributed by atoms with Gasteiger partial charge in [-0.3, -0.25) is 9.59 Å². The standard InChI is InChI=1S/C22H20Cl2N2O4/c23-15-9-10-20(18(24)13-15)30-12-4-8-21(27)26-19-7-2-1-6-17(19)22(28)25-14-16-5-3-11-29-16/h1-3,5-7,9-11,13H,4,8,12,14H2,(H,25,28)(H,26,27). The Balaban J connectivity index is 1.48. The molecule has 0 aliphatic carbocycles. The number of benzene rings is 2. The van der Waals surface area contributed by atoms with Crippen molar-refractivity contribution in [2.75, 3.05) is 11.9 Å². The molecule has 2 N–H and O–H groups in total. The summed E-state index contributed by atoms with van der Waals surface area (Å²) in [5.74, 6) is 0.640. The highest BCUT2D eigenvalue weighted by molar-refractivity contribution is 6.35. The fourth-order valence-electron chi connectivity index (χ4n) is 2.69. The number of carbonyl (C=O) groups excluding carboxylic acids is 2. The van der Waals surface area contributed by atoms with Crippen molar-refractivity contribution in [3.63, 3.8) is 0 Å². The van der Waals surface area contributed by atoms with Crippen LogP contribution in [0.25, 0.3) is 0 Å². The van der Waals surface area contributed by atoms with E-state index in [2.05, 4.69) is 10.6 Å². The quantitative estimate of drug-likeness (QED) is 0.436. The lowest BCUT2D eigenvalue weighted by Crippen LogP contribution is -2.24. The molecule has 3 rings (SSSR count). The molecule has 156 valence electrons. The molecule has 2 amide bonds. The van der Waals surface area contributed by atoms with E-state index in [4.69, 9.17) is 32.4 Å². The molecule has 0 atom stereocenters. The van der Waals surface area contributed by atoms with Crippen LogP contribution in [-0.2, 0) is 11.3 Å². The topological polar surface area (TPSA) is 80.6 Å². The van der Waals surface area contributed by atoms with Gasteiger partial charge in [-0.1, -0.05) is 35.3 Å². The zero-order chi connectivity index (χ0) is 21.3. The third kappa shape index (κ3) is 6.27. The van der Waals surface area contributed by atoms with Gasteiger partial charge in [-0.05, 0) is 48.9 Å². The van der Waals surface area contributed by atoms with Crippen LogP contribution in [0.4, 0.5) is 5.69 Å². The van der Waals surface area contributed by atoms with E-state index in [0.717, 1.165) is 0 Å². The molecule has 0 aliphatic rings. The molecule has 0 fully saturated rings. The van der Waals surface area contributed by atoms with Gasteiger partial charge in [-0.2, -0.15) is 0 Å². The lowest BCUT2D eigenvalue weighted by Gasteiger charge is -2.11. The zero-order valence-electron chi connectivity index (χ0n) is 16.0. The van der Waals surface area contributed by atoms with Gasteiger partial charge in [0.25, 0.3) is 5.91 Å². The van der Waals surface area contributed by atoms with E-state index in [0.29, 0.717) is 45.8 Å². The van der Waals surface area contributed by atoms with Gasteiger partial charge in [-0.25, -0.2) is 0 Å². The molecule has 3 aromatic rings. The molecule has 30 heavy (non-hydrogen) atoms. The molecule has 0 aliphatic heterocycles. The molecule has 8 heteroatoms. The number of anilines is 1. The fourth-order valence-corrected chi connectivity index (χ4v) is 3.15. The van der Waals surface area contributed by atoms with Gasteiger partial charge in [0.15, 0.2) is 0 Å². The average Bonchev–Trinajstić information content (AvgIpc) is 3.25. The van der Waals surface area contributed by atoms with Crippen LogP contribution < -0.4 is 15.4 Å². The lowest BCUT2D eigenvalue weighted by atomic mass is 10.1. The Hall–Kier alpha value is -2.96. The first-order chi connectivity index (χ1) is 14.5. The van der Waals surface area contributed by atoms with Crippen LogP contribution in [0.3, 0.4) is 0 Å². The number of rotatable bonds is 9. The van der Waals surface area contributed by atoms with Crippen molar-refractivity contribution < 1.29 is 18.7 Å². The molecular weight excluding hydrogens is 427 g/mol. The van der Waals surface area contributed by atoms with Gasteiger partial charge in [0, 0.05) is 11.4 Å². The molecule has 0 radical (unpaired) electrons. The van der Waals surface area contributed by atoms with Gasteiger partial charge in [0.1, 0.15) is 11.5 Å². The number of para-hydroxylation sites is 1. The number of hydrogen-bond acceptors (Lipinski definition) is 4. The van der Waals surface area contributed by atoms with Crippen LogP contribution in [-0.4, -0.2) is 18.4 Å². The normalized spacial score (nSPS) is 10.5. The first-order valence-corrected chi connectivity index (χ1v) is 10.1. The first-order valence-electron chi connectivity index (χ1n) is 9.30. The summed E-state index contributed by atoms with van der Waals surface area (Å²) in [6.45, 7) is 0.582. The summed E-state index contributed by atoms with van der Waals surface area (Å²) in [6, 6.07) is 15.3. The second-order valence-corrected chi connectivity index (χ2v) is 7.23. The maximum atomic E-state index is 12.5. The molecule has 2 aromatic carbocycles. The third-order valence-corrected chi connectivity index (χ3v) is 4.68. The van der Waals surface area contributed by atoms with Crippen molar-refractivity contribution in [1.82, 2.24) is 5.32 Å². The summed E-state index contributed by atoms with van der Waals surface area (Å²) in [6.07, 6.45) is 2.26. The SMILES string of the molecule is O=C(CCCOc1ccc(Cl)cc1Cl)Nc1ccccc1C(=O)NCc1ccco1. The number of ether oxygens (including phenoxy) is 1. The fraction of sp³-hybridized carbons (Fsp3) is 0.182. The van der Waals surface area contributed by atoms with Crippen LogP contribution in [0, 0.1) is 0 Å². The van der Waals surface area contributed by atoms with E-state index < -0.39 is 0 Å². The molecule has 6 nitrogen and oxygen atoms in total. The number of amides is 2. The zero-order valence-corrected chi connectivity index (χ0v) is 17.5. The van der Waals surface area contributed by atoms with Crippen LogP contribution in [0.1, 0.15) is 29.0 Å². The molecular formula is C22H20Cl2N2O4. The predicted octanol–water partition coefficient (Wildman–Crippen LogP) is 5.31. The molecule has 0 bridgehead atoms. The number of furan rings is 1. The summed E-state index contributed by atoms with van der Waals surface area (Å²) >= 11 is 11.9. The first kappa shape index (κ1) is 21.7. The second-order valence-electron chi connectivity index (χ2n) is 6.38. The van der Waals surface area contributed by atoms with Gasteiger partial charge in [0.05, 0.1) is 35.7 Å². The van der Waals surface area contributed by atoms with Gasteiger partial charge < -0.3 is 19.8 Å². The number of hydrogen-bond donors (Lipinski definition) is 2. The van der Waals surface area contributed by atoms with Crippen molar-refractivity contribution >= 4 is 40.7 Å². The van der Waals surface area contributed by atoms with E-state index in [9.17, 15) is 9.59 Å². The highest BCUT2D eigenvalue weighted by Gasteiger charge is 2.13.